The van der Waals surface area contributed by atoms with Crippen molar-refractivity contribution in [3.8, 4) is 0 Å². The molecule has 0 amide bonds. The molecule has 2 unspecified atom stereocenters. The minimum absolute atomic E-state index is 0.0752. The summed E-state index contributed by atoms with van der Waals surface area (Å²) in [4.78, 5) is 22.4. The summed E-state index contributed by atoms with van der Waals surface area (Å²) in [6, 6.07) is 0. The van der Waals surface area contributed by atoms with Crippen molar-refractivity contribution in [2.24, 2.45) is 17.8 Å². The number of carbonyl (C=O) groups excluding carboxylic acids is 1. The van der Waals surface area contributed by atoms with Gasteiger partial charge in [0, 0.05) is 24.8 Å². The van der Waals surface area contributed by atoms with Crippen LogP contribution in [-0.4, -0.2) is 23.1 Å². The average molecular weight is 292 g/mol. The SMILES string of the molecule is CC(=O)OC1CC(C)=C2C1[C@H](C)CC[C@H]2/C=C(\C)C(=O)O. The predicted octanol–water partition coefficient (Wildman–Crippen LogP) is 3.33. The number of fused-ring (bicyclic) bond motifs is 1. The quantitative estimate of drug-likeness (QED) is 0.492. The van der Waals surface area contributed by atoms with Gasteiger partial charge >= 0.3 is 11.9 Å². The molecule has 0 aromatic rings. The maximum atomic E-state index is 11.3. The Labute approximate surface area is 125 Å². The third kappa shape index (κ3) is 3.20. The molecule has 4 heteroatoms. The first-order valence-corrected chi connectivity index (χ1v) is 7.59. The van der Waals surface area contributed by atoms with Gasteiger partial charge in [0.2, 0.25) is 0 Å². The number of hydrogen-bond acceptors (Lipinski definition) is 3. The topological polar surface area (TPSA) is 63.6 Å². The number of rotatable bonds is 3. The van der Waals surface area contributed by atoms with Gasteiger partial charge in [-0.05, 0) is 38.5 Å². The van der Waals surface area contributed by atoms with Crippen LogP contribution in [0.25, 0.3) is 0 Å². The zero-order valence-electron chi connectivity index (χ0n) is 13.2. The summed E-state index contributed by atoms with van der Waals surface area (Å²) in [7, 11) is 0. The first-order chi connectivity index (χ1) is 9.81. The third-order valence-electron chi connectivity index (χ3n) is 4.81. The van der Waals surface area contributed by atoms with E-state index in [1.165, 1.54) is 18.1 Å². The zero-order valence-corrected chi connectivity index (χ0v) is 13.2. The van der Waals surface area contributed by atoms with Crippen LogP contribution < -0.4 is 0 Å². The predicted molar refractivity (Wildman–Crippen MR) is 79.6 cm³/mol. The standard InChI is InChI=1S/C17H24O4/c1-9-5-6-13(7-11(3)17(19)20)15-10(2)8-14(16(9)15)21-12(4)18/h7,9,13-14,16H,5-6,8H2,1-4H3,(H,19,20)/b11-7+/t9-,13+,14?,16?/m1/s1. The fraction of sp³-hybridized carbons (Fsp3) is 0.647. The van der Waals surface area contributed by atoms with E-state index >= 15 is 0 Å². The lowest BCUT2D eigenvalue weighted by Gasteiger charge is -2.36. The Morgan fingerprint density at radius 3 is 2.52 bits per heavy atom. The van der Waals surface area contributed by atoms with Crippen molar-refractivity contribution in [3.63, 3.8) is 0 Å². The lowest BCUT2D eigenvalue weighted by molar-refractivity contribution is -0.148. The van der Waals surface area contributed by atoms with Gasteiger partial charge < -0.3 is 9.84 Å². The molecule has 0 spiro atoms. The first-order valence-electron chi connectivity index (χ1n) is 7.59. The molecule has 2 rings (SSSR count). The Bertz CT molecular complexity index is 515. The Morgan fingerprint density at radius 2 is 1.95 bits per heavy atom. The van der Waals surface area contributed by atoms with Gasteiger partial charge in [-0.2, -0.15) is 0 Å². The second kappa shape index (κ2) is 6.04. The normalized spacial score (nSPS) is 32.9. The van der Waals surface area contributed by atoms with Crippen molar-refractivity contribution in [2.45, 2.75) is 53.1 Å². The molecule has 0 aliphatic heterocycles. The Hall–Kier alpha value is -1.58. The van der Waals surface area contributed by atoms with E-state index in [9.17, 15) is 9.59 Å². The van der Waals surface area contributed by atoms with Crippen LogP contribution in [0.4, 0.5) is 0 Å². The van der Waals surface area contributed by atoms with Gasteiger partial charge in [-0.15, -0.1) is 0 Å². The summed E-state index contributed by atoms with van der Waals surface area (Å²) in [5, 5.41) is 9.09. The number of allylic oxidation sites excluding steroid dienone is 1. The molecular formula is C17H24O4. The van der Waals surface area contributed by atoms with Crippen molar-refractivity contribution >= 4 is 11.9 Å². The smallest absolute Gasteiger partial charge is 0.330 e. The lowest BCUT2D eigenvalue weighted by atomic mass is 9.70. The summed E-state index contributed by atoms with van der Waals surface area (Å²) in [5.41, 5.74) is 2.96. The van der Waals surface area contributed by atoms with Crippen LogP contribution in [0.15, 0.2) is 22.8 Å². The summed E-state index contributed by atoms with van der Waals surface area (Å²) in [5.74, 6) is -0.219. The largest absolute Gasteiger partial charge is 0.478 e. The minimum atomic E-state index is -0.863. The molecule has 1 fully saturated rings. The van der Waals surface area contributed by atoms with Gasteiger partial charge in [-0.3, -0.25) is 4.79 Å². The van der Waals surface area contributed by atoms with E-state index in [0.29, 0.717) is 11.5 Å². The van der Waals surface area contributed by atoms with E-state index < -0.39 is 5.97 Å². The van der Waals surface area contributed by atoms with E-state index in [2.05, 4.69) is 13.8 Å². The highest BCUT2D eigenvalue weighted by Gasteiger charge is 2.43. The van der Waals surface area contributed by atoms with Gasteiger partial charge in [0.1, 0.15) is 6.10 Å². The second-order valence-electron chi connectivity index (χ2n) is 6.43. The number of carboxylic acids is 1. The van der Waals surface area contributed by atoms with Gasteiger partial charge in [-0.25, -0.2) is 4.79 Å². The van der Waals surface area contributed by atoms with E-state index in [1.54, 1.807) is 6.92 Å². The molecule has 0 aromatic carbocycles. The number of esters is 1. The molecule has 0 radical (unpaired) electrons. The van der Waals surface area contributed by atoms with Gasteiger partial charge in [0.05, 0.1) is 0 Å². The Balaban J connectivity index is 2.29. The highest BCUT2D eigenvalue weighted by atomic mass is 16.5. The monoisotopic (exact) mass is 292 g/mol. The van der Waals surface area contributed by atoms with Crippen molar-refractivity contribution in [1.82, 2.24) is 0 Å². The number of carbonyl (C=O) groups is 2. The van der Waals surface area contributed by atoms with Crippen molar-refractivity contribution in [2.75, 3.05) is 0 Å². The molecule has 116 valence electrons. The van der Waals surface area contributed by atoms with Crippen molar-refractivity contribution < 1.29 is 19.4 Å². The van der Waals surface area contributed by atoms with Crippen molar-refractivity contribution in [1.29, 1.82) is 0 Å². The molecular weight excluding hydrogens is 268 g/mol. The zero-order chi connectivity index (χ0) is 15.7. The second-order valence-corrected chi connectivity index (χ2v) is 6.43. The lowest BCUT2D eigenvalue weighted by Crippen LogP contribution is -2.33. The van der Waals surface area contributed by atoms with Crippen LogP contribution in [0.5, 0.6) is 0 Å². The van der Waals surface area contributed by atoms with E-state index in [0.717, 1.165) is 19.3 Å². The molecule has 2 aliphatic rings. The summed E-state index contributed by atoms with van der Waals surface area (Å²) in [6.45, 7) is 7.38. The number of hydrogen-bond donors (Lipinski definition) is 1. The number of carboxylic acid groups (broad SMARTS) is 1. The first kappa shape index (κ1) is 15.8. The van der Waals surface area contributed by atoms with Crippen LogP contribution in [0.2, 0.25) is 0 Å². The van der Waals surface area contributed by atoms with Gasteiger partial charge in [0.15, 0.2) is 0 Å². The summed E-state index contributed by atoms with van der Waals surface area (Å²) < 4.78 is 5.50. The van der Waals surface area contributed by atoms with E-state index in [1.807, 2.05) is 6.08 Å². The molecule has 0 bridgehead atoms. The third-order valence-corrected chi connectivity index (χ3v) is 4.81. The highest BCUT2D eigenvalue weighted by Crippen LogP contribution is 2.49. The fourth-order valence-electron chi connectivity index (χ4n) is 3.92. The molecule has 21 heavy (non-hydrogen) atoms. The van der Waals surface area contributed by atoms with Gasteiger partial charge in [0.25, 0.3) is 0 Å². The van der Waals surface area contributed by atoms with Crippen LogP contribution >= 0.6 is 0 Å². The average Bonchev–Trinajstić information content (AvgIpc) is 2.69. The Morgan fingerprint density at radius 1 is 1.29 bits per heavy atom. The van der Waals surface area contributed by atoms with Crippen molar-refractivity contribution in [3.05, 3.63) is 22.8 Å². The fourth-order valence-corrected chi connectivity index (χ4v) is 3.92. The van der Waals surface area contributed by atoms with Crippen LogP contribution in [0.3, 0.4) is 0 Å². The molecule has 1 N–H and O–H groups in total. The molecule has 4 nitrogen and oxygen atoms in total. The maximum Gasteiger partial charge on any atom is 0.330 e. The van der Waals surface area contributed by atoms with E-state index in [-0.39, 0.29) is 23.9 Å². The Kier molecular flexibility index (Phi) is 4.55. The molecule has 0 heterocycles. The van der Waals surface area contributed by atoms with E-state index in [4.69, 9.17) is 9.84 Å². The highest BCUT2D eigenvalue weighted by molar-refractivity contribution is 5.85. The maximum absolute atomic E-state index is 11.3. The summed E-state index contributed by atoms with van der Waals surface area (Å²) >= 11 is 0. The molecule has 0 aromatic heterocycles. The van der Waals surface area contributed by atoms with Crippen LogP contribution in [0, 0.1) is 17.8 Å². The molecule has 2 aliphatic carbocycles. The van der Waals surface area contributed by atoms with Gasteiger partial charge in [-0.1, -0.05) is 24.1 Å². The van der Waals surface area contributed by atoms with Crippen LogP contribution in [0.1, 0.15) is 47.0 Å². The van der Waals surface area contributed by atoms with Crippen LogP contribution in [-0.2, 0) is 14.3 Å². The molecule has 4 atom stereocenters. The molecule has 1 saturated carbocycles. The summed E-state index contributed by atoms with van der Waals surface area (Å²) in [6.07, 6.45) is 4.58. The number of ether oxygens (including phenoxy) is 1. The minimum Gasteiger partial charge on any atom is -0.478 e. The molecule has 0 saturated heterocycles. The number of aliphatic carboxylic acids is 1.